The van der Waals surface area contributed by atoms with E-state index < -0.39 is 0 Å². The summed E-state index contributed by atoms with van der Waals surface area (Å²) >= 11 is 0. The number of hydrogen-bond donors (Lipinski definition) is 1. The molecule has 1 aliphatic rings. The number of carbonyl (C=O) groups excluding carboxylic acids is 1. The molecule has 1 amide bonds. The summed E-state index contributed by atoms with van der Waals surface area (Å²) in [5.41, 5.74) is 0. The van der Waals surface area contributed by atoms with Crippen LogP contribution in [-0.2, 0) is 9.53 Å². The molecule has 96 valence electrons. The van der Waals surface area contributed by atoms with Crippen LogP contribution in [0.4, 0.5) is 0 Å². The predicted octanol–water partition coefficient (Wildman–Crippen LogP) is 0.901. The van der Waals surface area contributed by atoms with E-state index in [0.29, 0.717) is 0 Å². The Hall–Kier alpha value is -0.320. The first kappa shape index (κ1) is 15.7. The second kappa shape index (κ2) is 7.87. The number of nitrogens with one attached hydrogen (secondary N) is 1. The average molecular weight is 251 g/mol. The Bertz CT molecular complexity index is 214. The summed E-state index contributed by atoms with van der Waals surface area (Å²) in [6.07, 6.45) is 2.35. The summed E-state index contributed by atoms with van der Waals surface area (Å²) in [7, 11) is 3.59. The van der Waals surface area contributed by atoms with Crippen LogP contribution in [-0.4, -0.2) is 50.7 Å². The fourth-order valence-electron chi connectivity index (χ4n) is 2.04. The van der Waals surface area contributed by atoms with Crippen LogP contribution < -0.4 is 5.32 Å². The van der Waals surface area contributed by atoms with Gasteiger partial charge in [0.15, 0.2) is 0 Å². The molecule has 0 saturated carbocycles. The summed E-state index contributed by atoms with van der Waals surface area (Å²) in [6.45, 7) is 4.35. The molecular weight excluding hydrogens is 228 g/mol. The third kappa shape index (κ3) is 4.28. The van der Waals surface area contributed by atoms with Gasteiger partial charge in [0, 0.05) is 32.7 Å². The summed E-state index contributed by atoms with van der Waals surface area (Å²) in [5.74, 6) is 0.303. The van der Waals surface area contributed by atoms with Gasteiger partial charge in [-0.1, -0.05) is 6.92 Å². The first-order valence-electron chi connectivity index (χ1n) is 5.65. The molecule has 0 radical (unpaired) electrons. The average Bonchev–Trinajstić information content (AvgIpc) is 2.28. The molecule has 16 heavy (non-hydrogen) atoms. The van der Waals surface area contributed by atoms with E-state index >= 15 is 0 Å². The third-order valence-electron chi connectivity index (χ3n) is 2.96. The minimum Gasteiger partial charge on any atom is -0.380 e. The number of methoxy groups -OCH3 is 1. The Morgan fingerprint density at radius 3 is 2.88 bits per heavy atom. The molecule has 1 heterocycles. The van der Waals surface area contributed by atoms with E-state index in [1.807, 2.05) is 18.9 Å². The van der Waals surface area contributed by atoms with Crippen molar-refractivity contribution in [1.82, 2.24) is 10.2 Å². The van der Waals surface area contributed by atoms with E-state index in [1.165, 1.54) is 0 Å². The van der Waals surface area contributed by atoms with E-state index in [2.05, 4.69) is 5.32 Å². The summed E-state index contributed by atoms with van der Waals surface area (Å²) < 4.78 is 5.30. The van der Waals surface area contributed by atoms with Crippen molar-refractivity contribution in [3.63, 3.8) is 0 Å². The molecular formula is C11H23ClN2O2. The van der Waals surface area contributed by atoms with Crippen LogP contribution >= 0.6 is 12.4 Å². The smallest absolute Gasteiger partial charge is 0.226 e. The molecule has 1 rings (SSSR count). The molecule has 0 aliphatic carbocycles. The molecule has 2 atom stereocenters. The minimum absolute atomic E-state index is 0. The van der Waals surface area contributed by atoms with Crippen molar-refractivity contribution in [2.45, 2.75) is 25.9 Å². The molecule has 0 spiro atoms. The van der Waals surface area contributed by atoms with Gasteiger partial charge < -0.3 is 15.0 Å². The number of rotatable bonds is 4. The first-order chi connectivity index (χ1) is 7.19. The van der Waals surface area contributed by atoms with Gasteiger partial charge in [-0.25, -0.2) is 0 Å². The van der Waals surface area contributed by atoms with Crippen molar-refractivity contribution in [1.29, 1.82) is 0 Å². The first-order valence-corrected chi connectivity index (χ1v) is 5.65. The zero-order valence-corrected chi connectivity index (χ0v) is 11.2. The molecule has 0 aromatic heterocycles. The quantitative estimate of drug-likeness (QED) is 0.806. The second-order valence-electron chi connectivity index (χ2n) is 4.24. The fraction of sp³-hybridized carbons (Fsp3) is 0.909. The highest BCUT2D eigenvalue weighted by Gasteiger charge is 2.26. The largest absolute Gasteiger partial charge is 0.380 e. The lowest BCUT2D eigenvalue weighted by atomic mass is 10.0. The van der Waals surface area contributed by atoms with Gasteiger partial charge >= 0.3 is 0 Å². The number of likely N-dealkylation sites (tertiary alicyclic amines) is 1. The highest BCUT2D eigenvalue weighted by molar-refractivity contribution is 5.85. The molecule has 1 saturated heterocycles. The number of hydrogen-bond acceptors (Lipinski definition) is 3. The van der Waals surface area contributed by atoms with Crippen molar-refractivity contribution in [3.05, 3.63) is 0 Å². The molecule has 1 fully saturated rings. The van der Waals surface area contributed by atoms with Crippen LogP contribution in [0, 0.1) is 5.92 Å². The van der Waals surface area contributed by atoms with Gasteiger partial charge in [0.1, 0.15) is 0 Å². The molecule has 2 unspecified atom stereocenters. The van der Waals surface area contributed by atoms with Crippen LogP contribution in [0.15, 0.2) is 0 Å². The third-order valence-corrected chi connectivity index (χ3v) is 2.96. The van der Waals surface area contributed by atoms with E-state index in [9.17, 15) is 4.79 Å². The van der Waals surface area contributed by atoms with E-state index in [4.69, 9.17) is 4.74 Å². The van der Waals surface area contributed by atoms with Crippen molar-refractivity contribution in [2.75, 3.05) is 33.8 Å². The topological polar surface area (TPSA) is 41.6 Å². The normalized spacial score (nSPS) is 22.4. The maximum Gasteiger partial charge on any atom is 0.226 e. The second-order valence-corrected chi connectivity index (χ2v) is 4.24. The number of ether oxygens (including phenoxy) is 1. The highest BCUT2D eigenvalue weighted by Crippen LogP contribution is 2.14. The zero-order chi connectivity index (χ0) is 11.3. The summed E-state index contributed by atoms with van der Waals surface area (Å²) in [6, 6.07) is 0. The Balaban J connectivity index is 0.00000225. The lowest BCUT2D eigenvalue weighted by molar-refractivity contribution is -0.138. The molecule has 5 heteroatoms. The van der Waals surface area contributed by atoms with Gasteiger partial charge in [-0.15, -0.1) is 12.4 Å². The van der Waals surface area contributed by atoms with Crippen LogP contribution in [0.5, 0.6) is 0 Å². The fourth-order valence-corrected chi connectivity index (χ4v) is 2.04. The minimum atomic E-state index is 0. The van der Waals surface area contributed by atoms with Crippen molar-refractivity contribution >= 4 is 18.3 Å². The Morgan fingerprint density at radius 2 is 2.31 bits per heavy atom. The van der Waals surface area contributed by atoms with Crippen molar-refractivity contribution < 1.29 is 9.53 Å². The van der Waals surface area contributed by atoms with Crippen molar-refractivity contribution in [2.24, 2.45) is 5.92 Å². The predicted molar refractivity (Wildman–Crippen MR) is 66.9 cm³/mol. The van der Waals surface area contributed by atoms with Gasteiger partial charge in [0.2, 0.25) is 5.91 Å². The van der Waals surface area contributed by atoms with Gasteiger partial charge in [-0.2, -0.15) is 0 Å². The molecule has 4 nitrogen and oxygen atoms in total. The van der Waals surface area contributed by atoms with Crippen LogP contribution in [0.3, 0.4) is 0 Å². The van der Waals surface area contributed by atoms with Crippen LogP contribution in [0.1, 0.15) is 19.8 Å². The van der Waals surface area contributed by atoms with E-state index in [0.717, 1.165) is 32.5 Å². The Kier molecular flexibility index (Phi) is 7.72. The number of nitrogens with zero attached hydrogens (tertiary/aromatic N) is 1. The molecule has 0 aromatic rings. The maximum absolute atomic E-state index is 12.0. The standard InChI is InChI=1S/C11H22N2O2.ClH/c1-9(7-12-2)11(14)13-6-4-5-10(8-13)15-3;/h9-10,12H,4-8H2,1-3H3;1H. The van der Waals surface area contributed by atoms with E-state index in [-0.39, 0.29) is 30.3 Å². The SMILES string of the molecule is CNCC(C)C(=O)N1CCCC(OC)C1.Cl. The number of carbonyl (C=O) groups is 1. The number of amides is 1. The van der Waals surface area contributed by atoms with Crippen LogP contribution in [0.25, 0.3) is 0 Å². The summed E-state index contributed by atoms with van der Waals surface area (Å²) in [5, 5.41) is 3.03. The molecule has 0 bridgehead atoms. The molecule has 0 aromatic carbocycles. The molecule has 1 aliphatic heterocycles. The Morgan fingerprint density at radius 1 is 1.62 bits per heavy atom. The summed E-state index contributed by atoms with van der Waals surface area (Å²) in [4.78, 5) is 13.9. The lowest BCUT2D eigenvalue weighted by Gasteiger charge is -2.33. The van der Waals surface area contributed by atoms with Gasteiger partial charge in [-0.3, -0.25) is 4.79 Å². The monoisotopic (exact) mass is 250 g/mol. The van der Waals surface area contributed by atoms with Crippen molar-refractivity contribution in [3.8, 4) is 0 Å². The van der Waals surface area contributed by atoms with Crippen LogP contribution in [0.2, 0.25) is 0 Å². The maximum atomic E-state index is 12.0. The zero-order valence-electron chi connectivity index (χ0n) is 10.4. The highest BCUT2D eigenvalue weighted by atomic mass is 35.5. The molecule has 1 N–H and O–H groups in total. The number of piperidine rings is 1. The van der Waals surface area contributed by atoms with E-state index in [1.54, 1.807) is 7.11 Å². The lowest BCUT2D eigenvalue weighted by Crippen LogP contribution is -2.46. The van der Waals surface area contributed by atoms with Gasteiger partial charge in [0.05, 0.1) is 6.10 Å². The van der Waals surface area contributed by atoms with Gasteiger partial charge in [0.25, 0.3) is 0 Å². The Labute approximate surface area is 104 Å². The van der Waals surface area contributed by atoms with Gasteiger partial charge in [-0.05, 0) is 19.9 Å². The number of halogens is 1.